The fourth-order valence-electron chi connectivity index (χ4n) is 1.95. The van der Waals surface area contributed by atoms with Gasteiger partial charge in [-0.2, -0.15) is 10.1 Å². The lowest BCUT2D eigenvalue weighted by atomic mass is 10.2. The third kappa shape index (κ3) is 4.01. The summed E-state index contributed by atoms with van der Waals surface area (Å²) >= 11 is 3.46. The maximum Gasteiger partial charge on any atom is 0.249 e. The zero-order chi connectivity index (χ0) is 16.2. The van der Waals surface area contributed by atoms with Gasteiger partial charge in [0.15, 0.2) is 5.82 Å². The molecule has 2 N–H and O–H groups in total. The van der Waals surface area contributed by atoms with Gasteiger partial charge in [0.05, 0.1) is 6.20 Å². The van der Waals surface area contributed by atoms with Crippen molar-refractivity contribution in [3.05, 3.63) is 64.5 Å². The van der Waals surface area contributed by atoms with Crippen LogP contribution in [-0.4, -0.2) is 15.2 Å². The van der Waals surface area contributed by atoms with Crippen molar-refractivity contribution in [3.8, 4) is 0 Å². The van der Waals surface area contributed by atoms with Crippen LogP contribution in [0.2, 0.25) is 0 Å². The third-order valence-electron chi connectivity index (χ3n) is 3.09. The number of hydrogen-bond acceptors (Lipinski definition) is 5. The van der Waals surface area contributed by atoms with E-state index in [4.69, 9.17) is 0 Å². The minimum atomic E-state index is -0.288. The van der Waals surface area contributed by atoms with E-state index in [1.165, 1.54) is 18.3 Å². The van der Waals surface area contributed by atoms with Gasteiger partial charge in [0.25, 0.3) is 0 Å². The number of rotatable bonds is 4. The van der Waals surface area contributed by atoms with Crippen LogP contribution in [0, 0.1) is 12.7 Å². The summed E-state index contributed by atoms with van der Waals surface area (Å²) in [5.41, 5.74) is 2.69. The van der Waals surface area contributed by atoms with Crippen molar-refractivity contribution in [2.75, 3.05) is 10.6 Å². The number of aromatic nitrogens is 3. The Kier molecular flexibility index (Phi) is 4.47. The molecule has 1 aromatic heterocycles. The predicted octanol–water partition coefficient (Wildman–Crippen LogP) is 4.57. The predicted molar refractivity (Wildman–Crippen MR) is 91.7 cm³/mol. The zero-order valence-corrected chi connectivity index (χ0v) is 13.8. The molecule has 23 heavy (non-hydrogen) atoms. The maximum atomic E-state index is 12.9. The van der Waals surface area contributed by atoms with E-state index in [-0.39, 0.29) is 5.82 Å². The second-order valence-corrected chi connectivity index (χ2v) is 5.74. The molecule has 0 aliphatic rings. The molecule has 0 fully saturated rings. The van der Waals surface area contributed by atoms with Crippen molar-refractivity contribution in [2.24, 2.45) is 0 Å². The highest BCUT2D eigenvalue weighted by molar-refractivity contribution is 9.10. The molecule has 0 saturated carbocycles. The van der Waals surface area contributed by atoms with E-state index >= 15 is 0 Å². The van der Waals surface area contributed by atoms with Crippen molar-refractivity contribution in [1.82, 2.24) is 15.2 Å². The van der Waals surface area contributed by atoms with Crippen LogP contribution in [0.5, 0.6) is 0 Å². The summed E-state index contributed by atoms with van der Waals surface area (Å²) < 4.78 is 13.9. The molecule has 0 radical (unpaired) electrons. The molecule has 3 aromatic rings. The molecule has 0 spiro atoms. The standard InChI is InChI=1S/C16H13BrFN5/c1-10-8-13(6-7-14(10)17)21-16-22-15(9-19-23-16)20-12-4-2-11(18)3-5-12/h2-9H,1H3,(H2,20,21,22,23). The second-order valence-electron chi connectivity index (χ2n) is 4.89. The van der Waals surface area contributed by atoms with E-state index in [1.807, 2.05) is 25.1 Å². The van der Waals surface area contributed by atoms with Crippen LogP contribution in [-0.2, 0) is 0 Å². The average molecular weight is 374 g/mol. The first kappa shape index (κ1) is 15.4. The average Bonchev–Trinajstić information content (AvgIpc) is 2.54. The summed E-state index contributed by atoms with van der Waals surface area (Å²) in [6.45, 7) is 2.00. The molecule has 5 nitrogen and oxygen atoms in total. The number of hydrogen-bond donors (Lipinski definition) is 2. The fourth-order valence-corrected chi connectivity index (χ4v) is 2.20. The first-order chi connectivity index (χ1) is 11.1. The molecule has 0 aliphatic heterocycles. The van der Waals surface area contributed by atoms with Gasteiger partial charge in [-0.3, -0.25) is 0 Å². The second kappa shape index (κ2) is 6.70. The van der Waals surface area contributed by atoms with Gasteiger partial charge in [-0.15, -0.1) is 5.10 Å². The van der Waals surface area contributed by atoms with Crippen LogP contribution in [0.1, 0.15) is 5.56 Å². The van der Waals surface area contributed by atoms with Crippen molar-refractivity contribution >= 4 is 39.1 Å². The van der Waals surface area contributed by atoms with Crippen LogP contribution < -0.4 is 10.6 Å². The van der Waals surface area contributed by atoms with Crippen molar-refractivity contribution in [2.45, 2.75) is 6.92 Å². The van der Waals surface area contributed by atoms with E-state index in [0.717, 1.165) is 21.4 Å². The lowest BCUT2D eigenvalue weighted by molar-refractivity contribution is 0.628. The Morgan fingerprint density at radius 2 is 1.74 bits per heavy atom. The molecule has 7 heteroatoms. The van der Waals surface area contributed by atoms with Crippen molar-refractivity contribution in [1.29, 1.82) is 0 Å². The number of anilines is 4. The number of halogens is 2. The van der Waals surface area contributed by atoms with Gasteiger partial charge in [-0.1, -0.05) is 15.9 Å². The van der Waals surface area contributed by atoms with Gasteiger partial charge in [-0.25, -0.2) is 4.39 Å². The largest absolute Gasteiger partial charge is 0.339 e. The van der Waals surface area contributed by atoms with Crippen LogP contribution >= 0.6 is 15.9 Å². The van der Waals surface area contributed by atoms with Crippen molar-refractivity contribution < 1.29 is 4.39 Å². The van der Waals surface area contributed by atoms with E-state index in [9.17, 15) is 4.39 Å². The quantitative estimate of drug-likeness (QED) is 0.701. The number of nitrogens with one attached hydrogen (secondary N) is 2. The molecule has 0 saturated heterocycles. The molecule has 116 valence electrons. The number of nitrogens with zero attached hydrogens (tertiary/aromatic N) is 3. The summed E-state index contributed by atoms with van der Waals surface area (Å²) in [6.07, 6.45) is 1.50. The Labute approximate surface area is 141 Å². The molecular formula is C16H13BrFN5. The monoisotopic (exact) mass is 373 g/mol. The number of aryl methyl sites for hydroxylation is 1. The first-order valence-electron chi connectivity index (χ1n) is 6.86. The lowest BCUT2D eigenvalue weighted by Crippen LogP contribution is -2.02. The Morgan fingerprint density at radius 3 is 2.48 bits per heavy atom. The smallest absolute Gasteiger partial charge is 0.249 e. The molecule has 0 unspecified atom stereocenters. The van der Waals surface area contributed by atoms with E-state index in [2.05, 4.69) is 41.7 Å². The minimum Gasteiger partial charge on any atom is -0.339 e. The summed E-state index contributed by atoms with van der Waals surface area (Å²) in [5.74, 6) is 0.603. The number of benzene rings is 2. The molecule has 2 aromatic carbocycles. The molecule has 0 amide bonds. The lowest BCUT2D eigenvalue weighted by Gasteiger charge is -2.08. The zero-order valence-electron chi connectivity index (χ0n) is 12.2. The van der Waals surface area contributed by atoms with Crippen LogP contribution in [0.3, 0.4) is 0 Å². The topological polar surface area (TPSA) is 62.7 Å². The third-order valence-corrected chi connectivity index (χ3v) is 3.98. The minimum absolute atomic E-state index is 0.288. The summed E-state index contributed by atoms with van der Waals surface area (Å²) in [5, 5.41) is 14.0. The highest BCUT2D eigenvalue weighted by Gasteiger charge is 2.03. The first-order valence-corrected chi connectivity index (χ1v) is 7.65. The molecule has 0 bridgehead atoms. The van der Waals surface area contributed by atoms with Gasteiger partial charge in [0, 0.05) is 15.8 Å². The van der Waals surface area contributed by atoms with Crippen LogP contribution in [0.4, 0.5) is 27.5 Å². The Hall–Kier alpha value is -2.54. The summed E-state index contributed by atoms with van der Waals surface area (Å²) in [6, 6.07) is 11.9. The van der Waals surface area contributed by atoms with Crippen molar-refractivity contribution in [3.63, 3.8) is 0 Å². The SMILES string of the molecule is Cc1cc(Nc2nncc(Nc3ccc(F)cc3)n2)ccc1Br. The van der Waals surface area contributed by atoms with E-state index < -0.39 is 0 Å². The molecule has 0 atom stereocenters. The van der Waals surface area contributed by atoms with Gasteiger partial charge in [-0.05, 0) is 55.0 Å². The molecule has 0 aliphatic carbocycles. The van der Waals surface area contributed by atoms with Crippen LogP contribution in [0.25, 0.3) is 0 Å². The molecular weight excluding hydrogens is 361 g/mol. The van der Waals surface area contributed by atoms with Crippen LogP contribution in [0.15, 0.2) is 53.1 Å². The fraction of sp³-hybridized carbons (Fsp3) is 0.0625. The van der Waals surface area contributed by atoms with Gasteiger partial charge >= 0.3 is 0 Å². The van der Waals surface area contributed by atoms with E-state index in [0.29, 0.717) is 11.8 Å². The highest BCUT2D eigenvalue weighted by atomic mass is 79.9. The maximum absolute atomic E-state index is 12.9. The molecule has 3 rings (SSSR count). The Balaban J connectivity index is 1.76. The van der Waals surface area contributed by atoms with Gasteiger partial charge in [0.2, 0.25) is 5.95 Å². The highest BCUT2D eigenvalue weighted by Crippen LogP contribution is 2.22. The summed E-state index contributed by atoms with van der Waals surface area (Å²) in [4.78, 5) is 4.34. The van der Waals surface area contributed by atoms with Gasteiger partial charge < -0.3 is 10.6 Å². The Bertz CT molecular complexity index is 823. The van der Waals surface area contributed by atoms with E-state index in [1.54, 1.807) is 12.1 Å². The van der Waals surface area contributed by atoms with Gasteiger partial charge in [0.1, 0.15) is 5.82 Å². The normalized spacial score (nSPS) is 10.4. The Morgan fingerprint density at radius 1 is 1.00 bits per heavy atom. The molecule has 1 heterocycles. The summed E-state index contributed by atoms with van der Waals surface area (Å²) in [7, 11) is 0.